The van der Waals surface area contributed by atoms with Gasteiger partial charge in [0.25, 0.3) is 0 Å². The van der Waals surface area contributed by atoms with Crippen molar-refractivity contribution >= 4 is 23.6 Å². The Balaban J connectivity index is 2.05. The topological polar surface area (TPSA) is 84.7 Å². The number of hydrogen-bond acceptors (Lipinski definition) is 1. The SMILES string of the molecule is NC(N)=NC(=O)N1CCc2cccc(-c3c(F)cccc3Cl)c2C1. The summed E-state index contributed by atoms with van der Waals surface area (Å²) in [5.41, 5.74) is 13.5. The molecule has 0 aromatic heterocycles. The van der Waals surface area contributed by atoms with E-state index < -0.39 is 11.8 Å². The molecule has 2 aromatic rings. The molecule has 2 amide bonds. The van der Waals surface area contributed by atoms with Crippen LogP contribution in [0.2, 0.25) is 5.02 Å². The van der Waals surface area contributed by atoms with Crippen LogP contribution in [-0.4, -0.2) is 23.4 Å². The van der Waals surface area contributed by atoms with Crippen LogP contribution in [-0.2, 0) is 13.0 Å². The number of benzene rings is 2. The molecule has 4 N–H and O–H groups in total. The largest absolute Gasteiger partial charge is 0.370 e. The second-order valence-electron chi connectivity index (χ2n) is 5.53. The Labute approximate surface area is 143 Å². The van der Waals surface area contributed by atoms with Crippen molar-refractivity contribution in [1.29, 1.82) is 0 Å². The van der Waals surface area contributed by atoms with Crippen LogP contribution in [0.1, 0.15) is 11.1 Å². The molecule has 2 aromatic carbocycles. The van der Waals surface area contributed by atoms with Crippen molar-refractivity contribution in [3.8, 4) is 11.1 Å². The van der Waals surface area contributed by atoms with E-state index in [0.29, 0.717) is 35.7 Å². The van der Waals surface area contributed by atoms with Gasteiger partial charge in [0.2, 0.25) is 0 Å². The summed E-state index contributed by atoms with van der Waals surface area (Å²) < 4.78 is 14.3. The molecule has 24 heavy (non-hydrogen) atoms. The van der Waals surface area contributed by atoms with Gasteiger partial charge in [-0.1, -0.05) is 35.9 Å². The number of rotatable bonds is 1. The summed E-state index contributed by atoms with van der Waals surface area (Å²) in [5.74, 6) is -0.681. The molecule has 0 atom stereocenters. The minimum absolute atomic E-state index is 0.281. The average Bonchev–Trinajstić information content (AvgIpc) is 2.53. The monoisotopic (exact) mass is 346 g/mol. The third-order valence-electron chi connectivity index (χ3n) is 4.00. The van der Waals surface area contributed by atoms with Crippen LogP contribution >= 0.6 is 11.6 Å². The lowest BCUT2D eigenvalue weighted by molar-refractivity contribution is 0.203. The van der Waals surface area contributed by atoms with Crippen LogP contribution in [0.15, 0.2) is 41.4 Å². The van der Waals surface area contributed by atoms with Gasteiger partial charge in [-0.3, -0.25) is 0 Å². The van der Waals surface area contributed by atoms with Gasteiger partial charge in [-0.05, 0) is 35.2 Å². The van der Waals surface area contributed by atoms with E-state index in [0.717, 1.165) is 11.1 Å². The number of hydrogen-bond donors (Lipinski definition) is 2. The van der Waals surface area contributed by atoms with E-state index in [1.807, 2.05) is 12.1 Å². The van der Waals surface area contributed by atoms with Gasteiger partial charge in [-0.25, -0.2) is 9.18 Å². The molecule has 0 spiro atoms. The van der Waals surface area contributed by atoms with E-state index in [9.17, 15) is 9.18 Å². The maximum atomic E-state index is 14.3. The molecule has 3 rings (SSSR count). The van der Waals surface area contributed by atoms with E-state index in [-0.39, 0.29) is 5.96 Å². The first-order chi connectivity index (χ1) is 11.5. The summed E-state index contributed by atoms with van der Waals surface area (Å²) in [6.07, 6.45) is 0.640. The van der Waals surface area contributed by atoms with Crippen LogP contribution in [0.25, 0.3) is 11.1 Å². The Morgan fingerprint density at radius 1 is 1.21 bits per heavy atom. The van der Waals surface area contributed by atoms with Gasteiger partial charge in [0.05, 0.1) is 5.02 Å². The van der Waals surface area contributed by atoms with Crippen LogP contribution in [0.3, 0.4) is 0 Å². The molecule has 0 fully saturated rings. The number of urea groups is 1. The zero-order valence-electron chi connectivity index (χ0n) is 12.8. The molecule has 1 aliphatic heterocycles. The number of aliphatic imine (C=N–C) groups is 1. The van der Waals surface area contributed by atoms with Crippen molar-refractivity contribution in [2.45, 2.75) is 13.0 Å². The normalized spacial score (nSPS) is 13.3. The summed E-state index contributed by atoms with van der Waals surface area (Å²) in [6, 6.07) is 9.70. The van der Waals surface area contributed by atoms with Crippen LogP contribution in [0, 0.1) is 5.82 Å². The minimum Gasteiger partial charge on any atom is -0.370 e. The van der Waals surface area contributed by atoms with E-state index in [2.05, 4.69) is 4.99 Å². The molecule has 0 aliphatic carbocycles. The van der Waals surface area contributed by atoms with Gasteiger partial charge < -0.3 is 16.4 Å². The van der Waals surface area contributed by atoms with Crippen LogP contribution in [0.5, 0.6) is 0 Å². The quantitative estimate of drug-likeness (QED) is 0.615. The Bertz CT molecular complexity index is 813. The van der Waals surface area contributed by atoms with E-state index in [1.165, 1.54) is 11.0 Å². The maximum absolute atomic E-state index is 14.3. The van der Waals surface area contributed by atoms with E-state index >= 15 is 0 Å². The number of fused-ring (bicyclic) bond motifs is 1. The molecule has 0 radical (unpaired) electrons. The van der Waals surface area contributed by atoms with Crippen molar-refractivity contribution in [2.75, 3.05) is 6.54 Å². The lowest BCUT2D eigenvalue weighted by Gasteiger charge is -2.29. The number of nitrogens with zero attached hydrogens (tertiary/aromatic N) is 2. The van der Waals surface area contributed by atoms with Crippen molar-refractivity contribution in [1.82, 2.24) is 4.90 Å². The van der Waals surface area contributed by atoms with Gasteiger partial charge >= 0.3 is 6.03 Å². The first-order valence-corrected chi connectivity index (χ1v) is 7.79. The lowest BCUT2D eigenvalue weighted by Crippen LogP contribution is -2.36. The molecule has 0 saturated heterocycles. The zero-order valence-corrected chi connectivity index (χ0v) is 13.6. The molecule has 5 nitrogen and oxygen atoms in total. The fourth-order valence-electron chi connectivity index (χ4n) is 2.91. The van der Waals surface area contributed by atoms with Crippen molar-refractivity contribution < 1.29 is 9.18 Å². The summed E-state index contributed by atoms with van der Waals surface area (Å²) in [4.78, 5) is 17.2. The first-order valence-electron chi connectivity index (χ1n) is 7.41. The van der Waals surface area contributed by atoms with Crippen molar-refractivity contribution in [3.63, 3.8) is 0 Å². The molecule has 1 heterocycles. The van der Waals surface area contributed by atoms with Gasteiger partial charge in [-0.15, -0.1) is 0 Å². The number of amides is 2. The number of guanidine groups is 1. The van der Waals surface area contributed by atoms with Gasteiger partial charge in [0.15, 0.2) is 5.96 Å². The second kappa shape index (κ2) is 6.49. The molecular weight excluding hydrogens is 331 g/mol. The number of nitrogens with two attached hydrogens (primary N) is 2. The van der Waals surface area contributed by atoms with Crippen molar-refractivity contribution in [2.24, 2.45) is 16.5 Å². The van der Waals surface area contributed by atoms with E-state index in [4.69, 9.17) is 23.1 Å². The second-order valence-corrected chi connectivity index (χ2v) is 5.94. The fraction of sp³-hybridized carbons (Fsp3) is 0.176. The molecule has 0 saturated carbocycles. The summed E-state index contributed by atoms with van der Waals surface area (Å²) in [7, 11) is 0. The molecule has 1 aliphatic rings. The highest BCUT2D eigenvalue weighted by Crippen LogP contribution is 2.36. The summed E-state index contributed by atoms with van der Waals surface area (Å²) >= 11 is 6.20. The molecule has 0 unspecified atom stereocenters. The van der Waals surface area contributed by atoms with Crippen LogP contribution < -0.4 is 11.5 Å². The Morgan fingerprint density at radius 3 is 2.67 bits per heavy atom. The molecule has 7 heteroatoms. The predicted molar refractivity (Wildman–Crippen MR) is 92.2 cm³/mol. The third kappa shape index (κ3) is 3.05. The smallest absolute Gasteiger partial charge is 0.347 e. The zero-order chi connectivity index (χ0) is 17.3. The highest BCUT2D eigenvalue weighted by molar-refractivity contribution is 6.33. The first kappa shape index (κ1) is 16.3. The average molecular weight is 347 g/mol. The molecule has 0 bridgehead atoms. The Morgan fingerprint density at radius 2 is 1.96 bits per heavy atom. The Kier molecular flexibility index (Phi) is 4.40. The van der Waals surface area contributed by atoms with Gasteiger partial charge in [-0.2, -0.15) is 4.99 Å². The predicted octanol–water partition coefficient (Wildman–Crippen LogP) is 2.90. The fourth-order valence-corrected chi connectivity index (χ4v) is 3.18. The number of halogens is 2. The third-order valence-corrected chi connectivity index (χ3v) is 4.32. The number of carbonyl (C=O) groups excluding carboxylic acids is 1. The summed E-state index contributed by atoms with van der Waals surface area (Å²) in [5, 5.41) is 0.330. The minimum atomic E-state index is -0.505. The molecular formula is C17H16ClFN4O. The maximum Gasteiger partial charge on any atom is 0.347 e. The van der Waals surface area contributed by atoms with Gasteiger partial charge in [0.1, 0.15) is 5.82 Å². The van der Waals surface area contributed by atoms with Crippen molar-refractivity contribution in [3.05, 3.63) is 58.4 Å². The standard InChI is InChI=1S/C17H16ClFN4O/c18-13-5-2-6-14(19)15(13)11-4-1-3-10-7-8-23(9-12(10)11)17(24)22-16(20)21/h1-6H,7-9H2,(H4,20,21,22,24). The highest BCUT2D eigenvalue weighted by Gasteiger charge is 2.24. The summed E-state index contributed by atoms with van der Waals surface area (Å²) in [6.45, 7) is 0.794. The molecule has 124 valence electrons. The van der Waals surface area contributed by atoms with Gasteiger partial charge in [0, 0.05) is 18.7 Å². The van der Waals surface area contributed by atoms with E-state index in [1.54, 1.807) is 18.2 Å². The highest BCUT2D eigenvalue weighted by atomic mass is 35.5. The van der Waals surface area contributed by atoms with Crippen LogP contribution in [0.4, 0.5) is 9.18 Å². The lowest BCUT2D eigenvalue weighted by atomic mass is 9.91. The number of carbonyl (C=O) groups is 1. The Hall–Kier alpha value is -2.60.